The molecule has 4 rings (SSSR count). The molecule has 0 aliphatic carbocycles. The normalized spacial score (nSPS) is 13.3. The predicted octanol–water partition coefficient (Wildman–Crippen LogP) is 5.53. The van der Waals surface area contributed by atoms with Crippen molar-refractivity contribution < 1.29 is 17.6 Å². The lowest BCUT2D eigenvalue weighted by molar-refractivity contribution is 0.415. The zero-order valence-corrected chi connectivity index (χ0v) is 18.5. The third-order valence-electron chi connectivity index (χ3n) is 5.44. The van der Waals surface area contributed by atoms with Gasteiger partial charge in [-0.25, -0.2) is 8.42 Å². The molecule has 0 fully saturated rings. The van der Waals surface area contributed by atoms with Gasteiger partial charge in [-0.3, -0.25) is 0 Å². The van der Waals surface area contributed by atoms with Crippen molar-refractivity contribution >= 4 is 15.5 Å². The monoisotopic (exact) mass is 447 g/mol. The van der Waals surface area contributed by atoms with E-state index in [1.54, 1.807) is 50.0 Å². The number of nitrogens with one attached hydrogen (secondary N) is 1. The van der Waals surface area contributed by atoms with Crippen LogP contribution in [0.3, 0.4) is 0 Å². The fraction of sp³-hybridized carbons (Fsp3) is 0.154. The lowest BCUT2D eigenvalue weighted by Crippen LogP contribution is -2.35. The van der Waals surface area contributed by atoms with Crippen molar-refractivity contribution in [2.24, 2.45) is 0 Å². The third kappa shape index (κ3) is 4.86. The minimum absolute atomic E-state index is 0.297. The van der Waals surface area contributed by atoms with Crippen molar-refractivity contribution in [1.29, 1.82) is 0 Å². The Morgan fingerprint density at radius 3 is 2.12 bits per heavy atom. The molecule has 0 saturated carbocycles. The van der Waals surface area contributed by atoms with E-state index in [-0.39, 0.29) is 0 Å². The van der Waals surface area contributed by atoms with E-state index in [0.29, 0.717) is 11.3 Å². The Bertz CT molecular complexity index is 1210. The highest BCUT2D eigenvalue weighted by atomic mass is 32.2. The summed E-state index contributed by atoms with van der Waals surface area (Å²) >= 11 is 0. The summed E-state index contributed by atoms with van der Waals surface area (Å²) in [5.74, 6) is 0.730. The van der Waals surface area contributed by atoms with E-state index in [0.717, 1.165) is 22.6 Å². The van der Waals surface area contributed by atoms with Crippen LogP contribution in [0.1, 0.15) is 17.2 Å². The number of rotatable bonds is 9. The molecular formula is C26H25NO4S. The van der Waals surface area contributed by atoms with Crippen LogP contribution >= 0.6 is 0 Å². The van der Waals surface area contributed by atoms with Gasteiger partial charge in [-0.2, -0.15) is 0 Å². The molecule has 1 heterocycles. The van der Waals surface area contributed by atoms with E-state index in [2.05, 4.69) is 5.32 Å². The number of ether oxygens (including phenoxy) is 1. The summed E-state index contributed by atoms with van der Waals surface area (Å²) in [6, 6.07) is 27.0. The van der Waals surface area contributed by atoms with Crippen molar-refractivity contribution in [2.45, 2.75) is 22.6 Å². The van der Waals surface area contributed by atoms with Gasteiger partial charge >= 0.3 is 0 Å². The quantitative estimate of drug-likeness (QED) is 0.366. The van der Waals surface area contributed by atoms with E-state index in [1.807, 2.05) is 60.7 Å². The molecule has 0 bridgehead atoms. The van der Waals surface area contributed by atoms with Crippen LogP contribution in [0, 0.1) is 0 Å². The number of methoxy groups -OCH3 is 1. The number of hydrogen-bond acceptors (Lipinski definition) is 5. The Hall–Kier alpha value is -3.51. The van der Waals surface area contributed by atoms with Crippen molar-refractivity contribution in [3.8, 4) is 5.75 Å². The first-order chi connectivity index (χ1) is 15.6. The van der Waals surface area contributed by atoms with Crippen LogP contribution in [-0.4, -0.2) is 20.8 Å². The maximum absolute atomic E-state index is 13.9. The first kappa shape index (κ1) is 21.7. The lowest BCUT2D eigenvalue weighted by Gasteiger charge is -2.28. The molecular weight excluding hydrogens is 422 g/mol. The van der Waals surface area contributed by atoms with Gasteiger partial charge in [-0.1, -0.05) is 48.5 Å². The van der Waals surface area contributed by atoms with Gasteiger partial charge in [-0.05, 0) is 54.4 Å². The van der Waals surface area contributed by atoms with Crippen LogP contribution < -0.4 is 10.1 Å². The zero-order chi connectivity index (χ0) is 22.4. The lowest BCUT2D eigenvalue weighted by atomic mass is 10.00. The van der Waals surface area contributed by atoms with Crippen molar-refractivity contribution in [1.82, 2.24) is 0 Å². The molecule has 1 N–H and O–H groups in total. The van der Waals surface area contributed by atoms with Gasteiger partial charge in [0.2, 0.25) is 0 Å². The standard InChI is InChI=1S/C26H25NO4S/c1-30-23-14-12-22(13-15-23)27-26(21-16-17-31-19-21)25(18-20-8-4-2-5-9-20)32(28,29)24-10-6-3-7-11-24/h2-17,19,25-27H,18H2,1H3/t25-,26+/m1/s1. The molecule has 0 spiro atoms. The molecule has 32 heavy (non-hydrogen) atoms. The van der Waals surface area contributed by atoms with Crippen molar-refractivity contribution in [3.05, 3.63) is 115 Å². The molecule has 4 aromatic rings. The van der Waals surface area contributed by atoms with Crippen molar-refractivity contribution in [3.63, 3.8) is 0 Å². The molecule has 3 aromatic carbocycles. The van der Waals surface area contributed by atoms with E-state index >= 15 is 0 Å². The molecule has 0 unspecified atom stereocenters. The second-order valence-corrected chi connectivity index (χ2v) is 9.66. The van der Waals surface area contributed by atoms with Gasteiger partial charge in [0, 0.05) is 11.3 Å². The largest absolute Gasteiger partial charge is 0.497 e. The third-order valence-corrected chi connectivity index (χ3v) is 7.60. The number of sulfone groups is 1. The van der Waals surface area contributed by atoms with Gasteiger partial charge < -0.3 is 14.5 Å². The van der Waals surface area contributed by atoms with Crippen LogP contribution in [0.25, 0.3) is 0 Å². The Kier molecular flexibility index (Phi) is 6.61. The number of benzene rings is 3. The molecule has 164 valence electrons. The van der Waals surface area contributed by atoms with E-state index in [9.17, 15) is 8.42 Å². The molecule has 1 aromatic heterocycles. The minimum atomic E-state index is -3.69. The fourth-order valence-corrected chi connectivity index (χ4v) is 5.63. The molecule has 0 amide bonds. The predicted molar refractivity (Wildman–Crippen MR) is 126 cm³/mol. The summed E-state index contributed by atoms with van der Waals surface area (Å²) in [4.78, 5) is 0.297. The minimum Gasteiger partial charge on any atom is -0.497 e. The van der Waals surface area contributed by atoms with Gasteiger partial charge in [0.1, 0.15) is 5.75 Å². The second kappa shape index (κ2) is 9.75. The highest BCUT2D eigenvalue weighted by Gasteiger charge is 2.36. The summed E-state index contributed by atoms with van der Waals surface area (Å²) in [5, 5.41) is 2.66. The summed E-state index contributed by atoms with van der Waals surface area (Å²) in [6.45, 7) is 0. The molecule has 0 saturated heterocycles. The first-order valence-electron chi connectivity index (χ1n) is 10.3. The first-order valence-corrected chi connectivity index (χ1v) is 11.9. The number of anilines is 1. The Morgan fingerprint density at radius 1 is 0.875 bits per heavy atom. The van der Waals surface area contributed by atoms with Gasteiger partial charge in [0.25, 0.3) is 0 Å². The molecule has 6 heteroatoms. The van der Waals surface area contributed by atoms with Crippen LogP contribution in [0.5, 0.6) is 5.75 Å². The molecule has 5 nitrogen and oxygen atoms in total. The van der Waals surface area contributed by atoms with Gasteiger partial charge in [0.15, 0.2) is 9.84 Å². The summed E-state index contributed by atoms with van der Waals surface area (Å²) in [5.41, 5.74) is 2.50. The van der Waals surface area contributed by atoms with E-state index in [4.69, 9.17) is 9.15 Å². The van der Waals surface area contributed by atoms with Crippen LogP contribution in [0.2, 0.25) is 0 Å². The maximum Gasteiger partial charge on any atom is 0.183 e. The van der Waals surface area contributed by atoms with Gasteiger partial charge in [0.05, 0.1) is 35.8 Å². The average Bonchev–Trinajstić information content (AvgIpc) is 3.38. The van der Waals surface area contributed by atoms with Crippen LogP contribution in [0.4, 0.5) is 5.69 Å². The van der Waals surface area contributed by atoms with E-state index < -0.39 is 21.1 Å². The van der Waals surface area contributed by atoms with E-state index in [1.165, 1.54) is 0 Å². The zero-order valence-electron chi connectivity index (χ0n) is 17.7. The Morgan fingerprint density at radius 2 is 1.53 bits per heavy atom. The Balaban J connectivity index is 1.78. The van der Waals surface area contributed by atoms with Crippen molar-refractivity contribution in [2.75, 3.05) is 12.4 Å². The SMILES string of the molecule is COc1ccc(N[C@@H](c2ccoc2)[C@@H](Cc2ccccc2)S(=O)(=O)c2ccccc2)cc1. The summed E-state index contributed by atoms with van der Waals surface area (Å²) in [7, 11) is -2.08. The molecule has 2 atom stereocenters. The smallest absolute Gasteiger partial charge is 0.183 e. The Labute approximate surface area is 188 Å². The highest BCUT2D eigenvalue weighted by Crippen LogP contribution is 2.33. The second-order valence-electron chi connectivity index (χ2n) is 7.49. The maximum atomic E-state index is 13.9. The number of hydrogen-bond donors (Lipinski definition) is 1. The molecule has 0 aliphatic rings. The fourth-order valence-electron chi connectivity index (χ4n) is 3.75. The van der Waals surface area contributed by atoms with Gasteiger partial charge in [-0.15, -0.1) is 0 Å². The molecule has 0 radical (unpaired) electrons. The summed E-state index contributed by atoms with van der Waals surface area (Å²) in [6.07, 6.45) is 3.50. The average molecular weight is 448 g/mol. The topological polar surface area (TPSA) is 68.5 Å². The summed E-state index contributed by atoms with van der Waals surface area (Å²) < 4.78 is 38.3. The van der Waals surface area contributed by atoms with Crippen LogP contribution in [0.15, 0.2) is 113 Å². The highest BCUT2D eigenvalue weighted by molar-refractivity contribution is 7.92. The molecule has 0 aliphatic heterocycles. The van der Waals surface area contributed by atoms with Crippen LogP contribution in [-0.2, 0) is 16.3 Å². The number of furan rings is 1.